The van der Waals surface area contributed by atoms with Gasteiger partial charge in [-0.3, -0.25) is 4.79 Å². The Morgan fingerprint density at radius 2 is 1.95 bits per heavy atom. The lowest BCUT2D eigenvalue weighted by Gasteiger charge is -2.35. The molecule has 3 atom stereocenters. The lowest BCUT2D eigenvalue weighted by atomic mass is 9.92. The minimum atomic E-state index is -1.22. The number of nitrogens with zero attached hydrogens (tertiary/aromatic N) is 1. The first-order chi connectivity index (χ1) is 9.82. The van der Waals surface area contributed by atoms with Gasteiger partial charge in [0.1, 0.15) is 6.04 Å². The Morgan fingerprint density at radius 3 is 2.48 bits per heavy atom. The highest BCUT2D eigenvalue weighted by molar-refractivity contribution is 5.83. The number of carboxylic acids is 1. The number of nitrogens with one attached hydrogen (secondary N) is 1. The number of amides is 3. The Bertz CT molecular complexity index is 401. The van der Waals surface area contributed by atoms with Gasteiger partial charge < -0.3 is 26.2 Å². The average molecular weight is 301 g/mol. The van der Waals surface area contributed by atoms with Crippen LogP contribution in [0.5, 0.6) is 0 Å². The molecule has 1 saturated carbocycles. The van der Waals surface area contributed by atoms with Crippen molar-refractivity contribution in [2.75, 3.05) is 7.05 Å². The largest absolute Gasteiger partial charge is 0.480 e. The van der Waals surface area contributed by atoms with E-state index in [0.717, 1.165) is 12.8 Å². The Balaban J connectivity index is 2.59. The van der Waals surface area contributed by atoms with E-state index in [1.165, 1.54) is 11.9 Å². The number of primary amides is 1. The molecule has 8 nitrogen and oxygen atoms in total. The topological polar surface area (TPSA) is 133 Å². The molecule has 1 fully saturated rings. The summed E-state index contributed by atoms with van der Waals surface area (Å²) in [5.74, 6) is -1.84. The molecule has 5 N–H and O–H groups in total. The molecule has 0 heterocycles. The summed E-state index contributed by atoms with van der Waals surface area (Å²) in [5, 5.41) is 21.3. The van der Waals surface area contributed by atoms with Gasteiger partial charge in [-0.2, -0.15) is 0 Å². The van der Waals surface area contributed by atoms with Crippen LogP contribution in [-0.2, 0) is 9.59 Å². The van der Waals surface area contributed by atoms with Gasteiger partial charge in [0.05, 0.1) is 12.1 Å². The smallest absolute Gasteiger partial charge is 0.326 e. The third-order valence-corrected chi connectivity index (χ3v) is 3.79. The number of aliphatic hydroxyl groups excluding tert-OH is 1. The van der Waals surface area contributed by atoms with Crippen LogP contribution in [0.15, 0.2) is 0 Å². The number of carbonyl (C=O) groups is 3. The van der Waals surface area contributed by atoms with Crippen LogP contribution in [0.25, 0.3) is 0 Å². The molecule has 0 aliphatic heterocycles. The van der Waals surface area contributed by atoms with Crippen molar-refractivity contribution in [2.45, 2.75) is 56.7 Å². The Hall–Kier alpha value is -1.83. The van der Waals surface area contributed by atoms with Crippen LogP contribution in [0.4, 0.5) is 4.79 Å². The SMILES string of the molecule is CN(C(=O)N[C@@H](CCC(N)=O)C(=O)O)C1CCCCC1O. The fourth-order valence-corrected chi connectivity index (χ4v) is 2.49. The maximum absolute atomic E-state index is 12.1. The summed E-state index contributed by atoms with van der Waals surface area (Å²) in [5.41, 5.74) is 4.98. The fourth-order valence-electron chi connectivity index (χ4n) is 2.49. The van der Waals surface area contributed by atoms with Gasteiger partial charge >= 0.3 is 12.0 Å². The maximum atomic E-state index is 12.1. The van der Waals surface area contributed by atoms with Crippen molar-refractivity contribution in [3.05, 3.63) is 0 Å². The van der Waals surface area contributed by atoms with Crippen molar-refractivity contribution in [1.82, 2.24) is 10.2 Å². The zero-order chi connectivity index (χ0) is 16.0. The number of carbonyl (C=O) groups excluding carboxylic acids is 2. The Morgan fingerprint density at radius 1 is 1.33 bits per heavy atom. The van der Waals surface area contributed by atoms with Gasteiger partial charge in [0, 0.05) is 13.5 Å². The van der Waals surface area contributed by atoms with Crippen molar-refractivity contribution in [1.29, 1.82) is 0 Å². The highest BCUT2D eigenvalue weighted by Gasteiger charge is 2.31. The minimum absolute atomic E-state index is 0.0581. The summed E-state index contributed by atoms with van der Waals surface area (Å²) in [7, 11) is 1.53. The van der Waals surface area contributed by atoms with Crippen LogP contribution in [-0.4, -0.2) is 58.3 Å². The molecule has 1 rings (SSSR count). The molecule has 0 aromatic carbocycles. The number of aliphatic carboxylic acids is 1. The van der Waals surface area contributed by atoms with Gasteiger partial charge in [0.2, 0.25) is 5.91 Å². The zero-order valence-corrected chi connectivity index (χ0v) is 12.1. The van der Waals surface area contributed by atoms with Crippen LogP contribution in [0.3, 0.4) is 0 Å². The van der Waals surface area contributed by atoms with Gasteiger partial charge in [0.15, 0.2) is 0 Å². The number of rotatable bonds is 6. The van der Waals surface area contributed by atoms with E-state index in [1.54, 1.807) is 0 Å². The molecule has 1 aliphatic rings. The second-order valence-electron chi connectivity index (χ2n) is 5.38. The van der Waals surface area contributed by atoms with E-state index in [0.29, 0.717) is 12.8 Å². The van der Waals surface area contributed by atoms with E-state index in [4.69, 9.17) is 10.8 Å². The molecule has 0 aromatic rings. The molecule has 120 valence electrons. The maximum Gasteiger partial charge on any atom is 0.326 e. The zero-order valence-electron chi connectivity index (χ0n) is 12.1. The normalized spacial score (nSPS) is 23.1. The number of aliphatic hydroxyl groups is 1. The average Bonchev–Trinajstić information content (AvgIpc) is 2.42. The molecular formula is C13H23N3O5. The van der Waals surface area contributed by atoms with Gasteiger partial charge in [-0.25, -0.2) is 9.59 Å². The molecule has 0 radical (unpaired) electrons. The summed E-state index contributed by atoms with van der Waals surface area (Å²) in [6.45, 7) is 0. The monoisotopic (exact) mass is 301 g/mol. The van der Waals surface area contributed by atoms with Gasteiger partial charge in [-0.1, -0.05) is 12.8 Å². The van der Waals surface area contributed by atoms with Crippen LogP contribution in [0.2, 0.25) is 0 Å². The van der Waals surface area contributed by atoms with Crippen molar-refractivity contribution in [3.63, 3.8) is 0 Å². The van der Waals surface area contributed by atoms with Crippen LogP contribution in [0.1, 0.15) is 38.5 Å². The standard InChI is InChI=1S/C13H23N3O5/c1-16(9-4-2-3-5-10(9)17)13(21)15-8(12(19)20)6-7-11(14)18/h8-10,17H,2-7H2,1H3,(H2,14,18)(H,15,21)(H,19,20)/t8-,9?,10?/m0/s1. The minimum Gasteiger partial charge on any atom is -0.480 e. The molecule has 2 unspecified atom stereocenters. The summed E-state index contributed by atoms with van der Waals surface area (Å²) in [6, 6.07) is -2.06. The van der Waals surface area contributed by atoms with E-state index in [2.05, 4.69) is 5.32 Å². The van der Waals surface area contributed by atoms with E-state index < -0.39 is 30.1 Å². The molecule has 3 amide bonds. The molecule has 0 aromatic heterocycles. The lowest BCUT2D eigenvalue weighted by Crippen LogP contribution is -2.53. The number of urea groups is 1. The molecule has 21 heavy (non-hydrogen) atoms. The summed E-state index contributed by atoms with van der Waals surface area (Å²) in [6.07, 6.45) is 2.39. The van der Waals surface area contributed by atoms with Gasteiger partial charge in [-0.05, 0) is 19.3 Å². The molecule has 8 heteroatoms. The highest BCUT2D eigenvalue weighted by Crippen LogP contribution is 2.22. The van der Waals surface area contributed by atoms with Crippen LogP contribution in [0, 0.1) is 0 Å². The quantitative estimate of drug-likeness (QED) is 0.532. The van der Waals surface area contributed by atoms with Crippen molar-refractivity contribution in [3.8, 4) is 0 Å². The second kappa shape index (κ2) is 7.82. The van der Waals surface area contributed by atoms with Crippen molar-refractivity contribution in [2.24, 2.45) is 5.73 Å². The van der Waals surface area contributed by atoms with E-state index >= 15 is 0 Å². The van der Waals surface area contributed by atoms with Crippen LogP contribution < -0.4 is 11.1 Å². The summed E-state index contributed by atoms with van der Waals surface area (Å²) < 4.78 is 0. The molecule has 0 spiro atoms. The third-order valence-electron chi connectivity index (χ3n) is 3.79. The van der Waals surface area contributed by atoms with E-state index in [1.807, 2.05) is 0 Å². The number of hydrogen-bond acceptors (Lipinski definition) is 4. The molecule has 0 bridgehead atoms. The van der Waals surface area contributed by atoms with Crippen molar-refractivity contribution >= 4 is 17.9 Å². The number of likely N-dealkylation sites (N-methyl/N-ethyl adjacent to an activating group) is 1. The van der Waals surface area contributed by atoms with E-state index in [9.17, 15) is 19.5 Å². The third kappa shape index (κ3) is 5.22. The lowest BCUT2D eigenvalue weighted by molar-refractivity contribution is -0.139. The van der Waals surface area contributed by atoms with Gasteiger partial charge in [0.25, 0.3) is 0 Å². The molecule has 1 aliphatic carbocycles. The van der Waals surface area contributed by atoms with E-state index in [-0.39, 0.29) is 18.9 Å². The molecule has 0 saturated heterocycles. The van der Waals surface area contributed by atoms with Crippen molar-refractivity contribution < 1.29 is 24.6 Å². The number of nitrogens with two attached hydrogens (primary N) is 1. The Kier molecular flexibility index (Phi) is 6.41. The first kappa shape index (κ1) is 17.2. The predicted molar refractivity (Wildman–Crippen MR) is 74.4 cm³/mol. The second-order valence-corrected chi connectivity index (χ2v) is 5.38. The van der Waals surface area contributed by atoms with Gasteiger partial charge in [-0.15, -0.1) is 0 Å². The summed E-state index contributed by atoms with van der Waals surface area (Å²) >= 11 is 0. The predicted octanol–water partition coefficient (Wildman–Crippen LogP) is -0.350. The Labute approximate surface area is 123 Å². The first-order valence-corrected chi connectivity index (χ1v) is 7.05. The van der Waals surface area contributed by atoms with Crippen LogP contribution >= 0.6 is 0 Å². The first-order valence-electron chi connectivity index (χ1n) is 7.05. The number of carboxylic acid groups (broad SMARTS) is 1. The molecular weight excluding hydrogens is 278 g/mol. The number of hydrogen-bond donors (Lipinski definition) is 4. The summed E-state index contributed by atoms with van der Waals surface area (Å²) in [4.78, 5) is 35.2. The highest BCUT2D eigenvalue weighted by atomic mass is 16.4. The fraction of sp³-hybridized carbons (Fsp3) is 0.769.